The molecule has 1 nitrogen and oxygen atoms in total. The summed E-state index contributed by atoms with van der Waals surface area (Å²) in [5.74, 6) is -2.28. The Balaban J connectivity index is 2.38. The van der Waals surface area contributed by atoms with Crippen LogP contribution in [-0.2, 0) is 0 Å². The molecule has 2 aromatic rings. The van der Waals surface area contributed by atoms with Crippen LogP contribution in [0.25, 0.3) is 0 Å². The van der Waals surface area contributed by atoms with E-state index in [-0.39, 0.29) is 11.3 Å². The maximum atomic E-state index is 12.9. The fourth-order valence-corrected chi connectivity index (χ4v) is 2.56. The van der Waals surface area contributed by atoms with Crippen LogP contribution in [0.15, 0.2) is 34.1 Å². The van der Waals surface area contributed by atoms with Crippen molar-refractivity contribution in [1.29, 1.82) is 0 Å². The summed E-state index contributed by atoms with van der Waals surface area (Å²) < 4.78 is 26.4. The average molecular weight is 303 g/mol. The zero-order valence-electron chi connectivity index (χ0n) is 7.84. The van der Waals surface area contributed by atoms with Gasteiger partial charge in [-0.15, -0.1) is 11.3 Å². The molecule has 0 unspecified atom stereocenters. The van der Waals surface area contributed by atoms with Crippen molar-refractivity contribution in [2.24, 2.45) is 0 Å². The molecule has 0 saturated heterocycles. The molecule has 1 heterocycles. The Bertz CT molecular complexity index is 551. The molecule has 1 aromatic carbocycles. The maximum absolute atomic E-state index is 12.9. The van der Waals surface area contributed by atoms with Gasteiger partial charge in [0.1, 0.15) is 0 Å². The van der Waals surface area contributed by atoms with E-state index in [4.69, 9.17) is 0 Å². The normalized spacial score (nSPS) is 10.4. The second-order valence-electron chi connectivity index (χ2n) is 3.06. The summed E-state index contributed by atoms with van der Waals surface area (Å²) in [5, 5.41) is 0. The van der Waals surface area contributed by atoms with Crippen molar-refractivity contribution in [3.8, 4) is 0 Å². The number of ketones is 1. The molecular formula is C11H5BrF2OS. The first kappa shape index (κ1) is 11.4. The van der Waals surface area contributed by atoms with Gasteiger partial charge in [-0.2, -0.15) is 0 Å². The van der Waals surface area contributed by atoms with E-state index in [2.05, 4.69) is 15.9 Å². The Hall–Kier alpha value is -1.07. The first-order valence-corrected chi connectivity index (χ1v) is 5.94. The van der Waals surface area contributed by atoms with Gasteiger partial charge in [-0.3, -0.25) is 4.79 Å². The molecule has 0 radical (unpaired) electrons. The van der Waals surface area contributed by atoms with Gasteiger partial charge >= 0.3 is 0 Å². The molecule has 0 spiro atoms. The average Bonchev–Trinajstić information content (AvgIpc) is 2.68. The molecule has 2 rings (SSSR count). The van der Waals surface area contributed by atoms with Gasteiger partial charge in [-0.05, 0) is 46.3 Å². The van der Waals surface area contributed by atoms with Gasteiger partial charge in [0.25, 0.3) is 0 Å². The van der Waals surface area contributed by atoms with E-state index in [0.717, 1.165) is 15.9 Å². The number of hydrogen-bond donors (Lipinski definition) is 0. The fraction of sp³-hybridized carbons (Fsp3) is 0. The number of thiophene rings is 1. The van der Waals surface area contributed by atoms with Crippen LogP contribution in [-0.4, -0.2) is 5.78 Å². The molecule has 0 fully saturated rings. The summed E-state index contributed by atoms with van der Waals surface area (Å²) >= 11 is 4.48. The minimum Gasteiger partial charge on any atom is -0.288 e. The molecule has 1 aromatic heterocycles. The lowest BCUT2D eigenvalue weighted by molar-refractivity contribution is 0.104. The van der Waals surface area contributed by atoms with E-state index in [0.29, 0.717) is 4.88 Å². The Kier molecular flexibility index (Phi) is 3.16. The number of carbonyl (C=O) groups excluding carboxylic acids is 1. The highest BCUT2D eigenvalue weighted by molar-refractivity contribution is 9.11. The van der Waals surface area contributed by atoms with Crippen molar-refractivity contribution in [1.82, 2.24) is 0 Å². The highest BCUT2D eigenvalue weighted by Gasteiger charge is 2.13. The van der Waals surface area contributed by atoms with Gasteiger partial charge < -0.3 is 0 Å². The van der Waals surface area contributed by atoms with Crippen molar-refractivity contribution in [2.75, 3.05) is 0 Å². The lowest BCUT2D eigenvalue weighted by Crippen LogP contribution is -1.99. The summed E-state index contributed by atoms with van der Waals surface area (Å²) in [6.45, 7) is 0. The monoisotopic (exact) mass is 302 g/mol. The summed E-state index contributed by atoms with van der Waals surface area (Å²) in [6.07, 6.45) is 0. The molecule has 82 valence electrons. The van der Waals surface area contributed by atoms with E-state index < -0.39 is 11.6 Å². The molecule has 0 amide bonds. The van der Waals surface area contributed by atoms with Gasteiger partial charge in [0.05, 0.1) is 8.66 Å². The lowest BCUT2D eigenvalue weighted by atomic mass is 10.1. The lowest BCUT2D eigenvalue weighted by Gasteiger charge is -1.98. The predicted molar refractivity (Wildman–Crippen MR) is 61.8 cm³/mol. The molecule has 5 heteroatoms. The maximum Gasteiger partial charge on any atom is 0.203 e. The van der Waals surface area contributed by atoms with Crippen molar-refractivity contribution >= 4 is 33.0 Å². The van der Waals surface area contributed by atoms with Crippen molar-refractivity contribution in [3.63, 3.8) is 0 Å². The van der Waals surface area contributed by atoms with Gasteiger partial charge in [0.2, 0.25) is 5.78 Å². The number of halogens is 3. The van der Waals surface area contributed by atoms with Gasteiger partial charge in [-0.1, -0.05) is 0 Å². The van der Waals surface area contributed by atoms with Crippen molar-refractivity contribution in [2.45, 2.75) is 0 Å². The van der Waals surface area contributed by atoms with E-state index in [1.807, 2.05) is 0 Å². The van der Waals surface area contributed by atoms with E-state index in [9.17, 15) is 13.6 Å². The van der Waals surface area contributed by atoms with Crippen LogP contribution < -0.4 is 0 Å². The van der Waals surface area contributed by atoms with Crippen LogP contribution in [0.2, 0.25) is 0 Å². The van der Waals surface area contributed by atoms with Crippen LogP contribution in [0.1, 0.15) is 15.2 Å². The molecule has 0 aliphatic carbocycles. The smallest absolute Gasteiger partial charge is 0.203 e. The van der Waals surface area contributed by atoms with E-state index in [1.165, 1.54) is 17.4 Å². The quantitative estimate of drug-likeness (QED) is 0.766. The third kappa shape index (κ3) is 2.20. The summed E-state index contributed by atoms with van der Waals surface area (Å²) in [4.78, 5) is 12.3. The van der Waals surface area contributed by atoms with Crippen LogP contribution in [0.4, 0.5) is 8.78 Å². The first-order valence-electron chi connectivity index (χ1n) is 4.33. The Morgan fingerprint density at radius 3 is 2.44 bits per heavy atom. The molecule has 0 aliphatic heterocycles. The number of hydrogen-bond acceptors (Lipinski definition) is 2. The van der Waals surface area contributed by atoms with Gasteiger partial charge in [-0.25, -0.2) is 8.78 Å². The molecule has 0 saturated carbocycles. The summed E-state index contributed by atoms with van der Waals surface area (Å²) in [7, 11) is 0. The minimum absolute atomic E-state index is 0.147. The standard InChI is InChI=1S/C11H5BrF2OS/c12-10-4-3-9(16-10)11(15)6-1-2-7(13)8(14)5-6/h1-5H. The van der Waals surface area contributed by atoms with E-state index >= 15 is 0 Å². The zero-order valence-corrected chi connectivity index (χ0v) is 10.2. The van der Waals surface area contributed by atoms with Crippen LogP contribution in [0.5, 0.6) is 0 Å². The van der Waals surface area contributed by atoms with Crippen LogP contribution in [0.3, 0.4) is 0 Å². The second kappa shape index (κ2) is 4.43. The minimum atomic E-state index is -1.01. The molecular weight excluding hydrogens is 298 g/mol. The Morgan fingerprint density at radius 2 is 1.88 bits per heavy atom. The number of carbonyl (C=O) groups is 1. The topological polar surface area (TPSA) is 17.1 Å². The summed E-state index contributed by atoms with van der Waals surface area (Å²) in [5.41, 5.74) is 0.147. The predicted octanol–water partition coefficient (Wildman–Crippen LogP) is 4.02. The number of rotatable bonds is 2. The van der Waals surface area contributed by atoms with Crippen LogP contribution >= 0.6 is 27.3 Å². The Morgan fingerprint density at radius 1 is 1.12 bits per heavy atom. The van der Waals surface area contributed by atoms with Gasteiger partial charge in [0.15, 0.2) is 11.6 Å². The third-order valence-electron chi connectivity index (χ3n) is 1.98. The highest BCUT2D eigenvalue weighted by Crippen LogP contribution is 2.24. The van der Waals surface area contributed by atoms with Crippen molar-refractivity contribution in [3.05, 3.63) is 56.2 Å². The van der Waals surface area contributed by atoms with E-state index in [1.54, 1.807) is 12.1 Å². The number of benzene rings is 1. The SMILES string of the molecule is O=C(c1ccc(F)c(F)c1)c1ccc(Br)s1. The molecule has 0 atom stereocenters. The first-order chi connectivity index (χ1) is 7.58. The summed E-state index contributed by atoms with van der Waals surface area (Å²) in [6, 6.07) is 6.50. The van der Waals surface area contributed by atoms with Crippen LogP contribution in [0, 0.1) is 11.6 Å². The molecule has 0 aliphatic rings. The Labute approximate surface area is 103 Å². The molecule has 0 N–H and O–H groups in total. The zero-order chi connectivity index (χ0) is 11.7. The molecule has 16 heavy (non-hydrogen) atoms. The fourth-order valence-electron chi connectivity index (χ4n) is 1.22. The highest BCUT2D eigenvalue weighted by atomic mass is 79.9. The van der Waals surface area contributed by atoms with Crippen molar-refractivity contribution < 1.29 is 13.6 Å². The second-order valence-corrected chi connectivity index (χ2v) is 5.52. The largest absolute Gasteiger partial charge is 0.288 e. The molecule has 0 bridgehead atoms. The van der Waals surface area contributed by atoms with Gasteiger partial charge in [0, 0.05) is 5.56 Å². The third-order valence-corrected chi connectivity index (χ3v) is 3.60.